The van der Waals surface area contributed by atoms with Crippen molar-refractivity contribution in [3.8, 4) is 0 Å². The van der Waals surface area contributed by atoms with E-state index in [4.69, 9.17) is 0 Å². The molecule has 0 bridgehead atoms. The average Bonchev–Trinajstić information content (AvgIpc) is 2.78. The van der Waals surface area contributed by atoms with E-state index in [9.17, 15) is 12.8 Å². The van der Waals surface area contributed by atoms with E-state index in [1.165, 1.54) is 34.8 Å². The van der Waals surface area contributed by atoms with E-state index in [2.05, 4.69) is 0 Å². The summed E-state index contributed by atoms with van der Waals surface area (Å²) in [5.41, 5.74) is 0.867. The normalized spacial score (nSPS) is 21.7. The maximum absolute atomic E-state index is 13.1. The van der Waals surface area contributed by atoms with Crippen LogP contribution in [0.3, 0.4) is 0 Å². The minimum atomic E-state index is -3.35. The molecule has 0 aliphatic carbocycles. The van der Waals surface area contributed by atoms with Crippen molar-refractivity contribution < 1.29 is 12.8 Å². The Morgan fingerprint density at radius 2 is 2.11 bits per heavy atom. The van der Waals surface area contributed by atoms with Crippen LogP contribution in [-0.2, 0) is 10.2 Å². The van der Waals surface area contributed by atoms with Crippen molar-refractivity contribution in [3.63, 3.8) is 0 Å². The van der Waals surface area contributed by atoms with Crippen LogP contribution in [0.4, 0.5) is 4.39 Å². The quantitative estimate of drug-likeness (QED) is 0.835. The van der Waals surface area contributed by atoms with E-state index in [0.29, 0.717) is 13.1 Å². The highest BCUT2D eigenvalue weighted by Gasteiger charge is 2.33. The fraction of sp³-hybridized carbons (Fsp3) is 0.500. The Labute approximate surface area is 107 Å². The van der Waals surface area contributed by atoms with Gasteiger partial charge < -0.3 is 0 Å². The molecule has 0 aromatic heterocycles. The Balaban J connectivity index is 2.14. The zero-order valence-electron chi connectivity index (χ0n) is 10.5. The van der Waals surface area contributed by atoms with Gasteiger partial charge in [0.15, 0.2) is 0 Å². The molecule has 1 aromatic carbocycles. The molecule has 0 radical (unpaired) electrons. The third-order valence-electron chi connectivity index (χ3n) is 3.26. The van der Waals surface area contributed by atoms with Gasteiger partial charge in [0.05, 0.1) is 0 Å². The van der Waals surface area contributed by atoms with Crippen LogP contribution in [0, 0.1) is 5.82 Å². The highest BCUT2D eigenvalue weighted by Crippen LogP contribution is 2.29. The molecule has 1 aliphatic rings. The summed E-state index contributed by atoms with van der Waals surface area (Å²) < 4.78 is 39.7. The van der Waals surface area contributed by atoms with Gasteiger partial charge in [-0.25, -0.2) is 4.39 Å². The lowest BCUT2D eigenvalue weighted by Gasteiger charge is -2.20. The van der Waals surface area contributed by atoms with E-state index in [1.807, 2.05) is 6.07 Å². The van der Waals surface area contributed by atoms with Crippen LogP contribution in [0.5, 0.6) is 0 Å². The summed E-state index contributed by atoms with van der Waals surface area (Å²) in [6.07, 6.45) is 0.733. The summed E-state index contributed by atoms with van der Waals surface area (Å²) in [5.74, 6) is -0.197. The van der Waals surface area contributed by atoms with Crippen molar-refractivity contribution in [3.05, 3.63) is 35.6 Å². The minimum Gasteiger partial charge on any atom is -0.207 e. The molecule has 2 rings (SSSR count). The summed E-state index contributed by atoms with van der Waals surface area (Å²) in [6.45, 7) is 0.908. The van der Waals surface area contributed by atoms with Gasteiger partial charge >= 0.3 is 0 Å². The standard InChI is InChI=1S/C12H17FN2O2S/c1-14(2)18(16,17)15-7-6-11(9-15)10-4-3-5-12(13)8-10/h3-5,8,11H,6-7,9H2,1-2H3/t11-/m0/s1. The summed E-state index contributed by atoms with van der Waals surface area (Å²) in [6, 6.07) is 6.39. The lowest BCUT2D eigenvalue weighted by atomic mass is 9.99. The zero-order chi connectivity index (χ0) is 13.3. The molecular weight excluding hydrogens is 255 g/mol. The molecule has 0 spiro atoms. The molecule has 100 valence electrons. The number of nitrogens with zero attached hydrogens (tertiary/aromatic N) is 2. The van der Waals surface area contributed by atoms with E-state index in [1.54, 1.807) is 6.07 Å². The van der Waals surface area contributed by atoms with Crippen LogP contribution in [-0.4, -0.2) is 44.2 Å². The Hall–Kier alpha value is -0.980. The van der Waals surface area contributed by atoms with Gasteiger partial charge in [0.1, 0.15) is 5.82 Å². The summed E-state index contributed by atoms with van der Waals surface area (Å²) in [7, 11) is -0.317. The molecular formula is C12H17FN2O2S. The molecule has 4 nitrogen and oxygen atoms in total. The van der Waals surface area contributed by atoms with Crippen molar-refractivity contribution in [2.75, 3.05) is 27.2 Å². The molecule has 0 unspecified atom stereocenters. The van der Waals surface area contributed by atoms with E-state index in [-0.39, 0.29) is 11.7 Å². The Kier molecular flexibility index (Phi) is 3.70. The number of hydrogen-bond donors (Lipinski definition) is 0. The Bertz CT molecular complexity index is 531. The third-order valence-corrected chi connectivity index (χ3v) is 5.17. The smallest absolute Gasteiger partial charge is 0.207 e. The average molecular weight is 272 g/mol. The first-order valence-corrected chi connectivity index (χ1v) is 7.24. The molecule has 1 saturated heterocycles. The molecule has 1 fully saturated rings. The number of hydrogen-bond acceptors (Lipinski definition) is 2. The van der Waals surface area contributed by atoms with Gasteiger partial charge in [-0.1, -0.05) is 12.1 Å². The van der Waals surface area contributed by atoms with Gasteiger partial charge in [-0.3, -0.25) is 0 Å². The highest BCUT2D eigenvalue weighted by atomic mass is 32.2. The Morgan fingerprint density at radius 1 is 1.39 bits per heavy atom. The molecule has 18 heavy (non-hydrogen) atoms. The predicted octanol–water partition coefficient (Wildman–Crippen LogP) is 1.42. The molecule has 0 amide bonds. The number of benzene rings is 1. The predicted molar refractivity (Wildman–Crippen MR) is 67.9 cm³/mol. The lowest BCUT2D eigenvalue weighted by molar-refractivity contribution is 0.418. The van der Waals surface area contributed by atoms with Gasteiger partial charge in [0, 0.05) is 27.2 Å². The second kappa shape index (κ2) is 4.95. The summed E-state index contributed by atoms with van der Waals surface area (Å²) in [5, 5.41) is 0. The first kappa shape index (κ1) is 13.5. The lowest BCUT2D eigenvalue weighted by Crippen LogP contribution is -2.38. The van der Waals surface area contributed by atoms with E-state index in [0.717, 1.165) is 12.0 Å². The first-order chi connectivity index (χ1) is 8.41. The SMILES string of the molecule is CN(C)S(=O)(=O)N1CC[C@H](c2cccc(F)c2)C1. The first-order valence-electron chi connectivity index (χ1n) is 5.84. The molecule has 1 aromatic rings. The number of halogens is 1. The molecule has 1 heterocycles. The molecule has 1 aliphatic heterocycles. The van der Waals surface area contributed by atoms with Crippen molar-refractivity contribution in [1.82, 2.24) is 8.61 Å². The van der Waals surface area contributed by atoms with E-state index < -0.39 is 10.2 Å². The van der Waals surface area contributed by atoms with Gasteiger partial charge in [-0.15, -0.1) is 0 Å². The van der Waals surface area contributed by atoms with Gasteiger partial charge in [0.25, 0.3) is 10.2 Å². The van der Waals surface area contributed by atoms with Crippen LogP contribution >= 0.6 is 0 Å². The second-order valence-corrected chi connectivity index (χ2v) is 6.83. The summed E-state index contributed by atoms with van der Waals surface area (Å²) >= 11 is 0. The fourth-order valence-corrected chi connectivity index (χ4v) is 3.37. The van der Waals surface area contributed by atoms with Crippen LogP contribution < -0.4 is 0 Å². The van der Waals surface area contributed by atoms with Gasteiger partial charge in [0.2, 0.25) is 0 Å². The largest absolute Gasteiger partial charge is 0.281 e. The van der Waals surface area contributed by atoms with Crippen LogP contribution in [0.1, 0.15) is 17.9 Å². The monoisotopic (exact) mass is 272 g/mol. The van der Waals surface area contributed by atoms with Gasteiger partial charge in [-0.05, 0) is 30.0 Å². The van der Waals surface area contributed by atoms with Crippen LogP contribution in [0.2, 0.25) is 0 Å². The van der Waals surface area contributed by atoms with Crippen molar-refractivity contribution >= 4 is 10.2 Å². The van der Waals surface area contributed by atoms with Crippen molar-refractivity contribution in [2.45, 2.75) is 12.3 Å². The maximum atomic E-state index is 13.1. The number of rotatable bonds is 3. The molecule has 0 saturated carbocycles. The van der Waals surface area contributed by atoms with Gasteiger partial charge in [-0.2, -0.15) is 17.0 Å². The zero-order valence-corrected chi connectivity index (χ0v) is 11.3. The highest BCUT2D eigenvalue weighted by molar-refractivity contribution is 7.86. The van der Waals surface area contributed by atoms with Crippen LogP contribution in [0.15, 0.2) is 24.3 Å². The van der Waals surface area contributed by atoms with Crippen molar-refractivity contribution in [2.24, 2.45) is 0 Å². The molecule has 1 atom stereocenters. The minimum absolute atomic E-state index is 0.0791. The maximum Gasteiger partial charge on any atom is 0.281 e. The second-order valence-electron chi connectivity index (χ2n) is 4.69. The fourth-order valence-electron chi connectivity index (χ4n) is 2.20. The van der Waals surface area contributed by atoms with Crippen molar-refractivity contribution in [1.29, 1.82) is 0 Å². The summed E-state index contributed by atoms with van der Waals surface area (Å²) in [4.78, 5) is 0. The molecule has 0 N–H and O–H groups in total. The topological polar surface area (TPSA) is 40.6 Å². The molecule has 6 heteroatoms. The van der Waals surface area contributed by atoms with E-state index >= 15 is 0 Å². The Morgan fingerprint density at radius 3 is 2.72 bits per heavy atom. The van der Waals surface area contributed by atoms with Crippen LogP contribution in [0.25, 0.3) is 0 Å². The third kappa shape index (κ3) is 2.55.